The van der Waals surface area contributed by atoms with Crippen LogP contribution in [0.2, 0.25) is 10.0 Å². The predicted molar refractivity (Wildman–Crippen MR) is 83.5 cm³/mol. The van der Waals surface area contributed by atoms with Gasteiger partial charge in [0.05, 0.1) is 16.5 Å². The van der Waals surface area contributed by atoms with Crippen LogP contribution in [-0.4, -0.2) is 48.9 Å². The van der Waals surface area contributed by atoms with E-state index >= 15 is 0 Å². The van der Waals surface area contributed by atoms with E-state index in [9.17, 15) is 4.79 Å². The summed E-state index contributed by atoms with van der Waals surface area (Å²) in [6.45, 7) is 4.06. The Morgan fingerprint density at radius 1 is 1.25 bits per heavy atom. The summed E-state index contributed by atoms with van der Waals surface area (Å²) < 4.78 is 0. The highest BCUT2D eigenvalue weighted by atomic mass is 35.5. The Bertz CT molecular complexity index is 473. The molecule has 3 nitrogen and oxygen atoms in total. The van der Waals surface area contributed by atoms with Crippen LogP contribution in [0.25, 0.3) is 0 Å². The van der Waals surface area contributed by atoms with Crippen LogP contribution in [0.1, 0.15) is 18.4 Å². The summed E-state index contributed by atoms with van der Waals surface area (Å²) in [7, 11) is 1.86. The molecule has 1 aliphatic heterocycles. The van der Waals surface area contributed by atoms with Crippen molar-refractivity contribution in [2.45, 2.75) is 19.3 Å². The lowest BCUT2D eigenvalue weighted by atomic mass is 10.1. The van der Waals surface area contributed by atoms with Crippen molar-refractivity contribution in [2.75, 3.05) is 33.2 Å². The lowest BCUT2D eigenvalue weighted by Gasteiger charge is -2.21. The largest absolute Gasteiger partial charge is 0.344 e. The van der Waals surface area contributed by atoms with Crippen molar-refractivity contribution in [3.8, 4) is 0 Å². The highest BCUT2D eigenvalue weighted by molar-refractivity contribution is 6.42. The minimum atomic E-state index is 0.114. The van der Waals surface area contributed by atoms with E-state index in [1.165, 1.54) is 12.8 Å². The van der Waals surface area contributed by atoms with Gasteiger partial charge >= 0.3 is 0 Å². The van der Waals surface area contributed by atoms with Gasteiger partial charge in [-0.3, -0.25) is 4.79 Å². The Morgan fingerprint density at radius 3 is 2.60 bits per heavy atom. The van der Waals surface area contributed by atoms with Gasteiger partial charge in [-0.15, -0.1) is 0 Å². The van der Waals surface area contributed by atoms with E-state index in [-0.39, 0.29) is 5.91 Å². The number of amides is 1. The van der Waals surface area contributed by atoms with Gasteiger partial charge in [0, 0.05) is 20.1 Å². The van der Waals surface area contributed by atoms with Crippen molar-refractivity contribution in [3.63, 3.8) is 0 Å². The zero-order valence-electron chi connectivity index (χ0n) is 11.7. The highest BCUT2D eigenvalue weighted by Crippen LogP contribution is 2.22. The Labute approximate surface area is 130 Å². The number of rotatable bonds is 5. The van der Waals surface area contributed by atoms with Gasteiger partial charge in [-0.1, -0.05) is 29.3 Å². The molecule has 1 heterocycles. The van der Waals surface area contributed by atoms with Crippen molar-refractivity contribution in [1.29, 1.82) is 0 Å². The van der Waals surface area contributed by atoms with Crippen LogP contribution >= 0.6 is 23.2 Å². The second-order valence-electron chi connectivity index (χ2n) is 5.29. The first-order valence-corrected chi connectivity index (χ1v) is 7.72. The summed E-state index contributed by atoms with van der Waals surface area (Å²) in [6.07, 6.45) is 2.93. The number of carbonyl (C=O) groups is 1. The number of nitrogens with zero attached hydrogens (tertiary/aromatic N) is 2. The molecule has 1 fully saturated rings. The SMILES string of the molecule is CN(CCN1CCCC1)C(=O)Cc1ccc(Cl)c(Cl)c1. The van der Waals surface area contributed by atoms with Gasteiger partial charge in [-0.2, -0.15) is 0 Å². The molecule has 0 aliphatic carbocycles. The smallest absolute Gasteiger partial charge is 0.226 e. The molecule has 5 heteroatoms. The van der Waals surface area contributed by atoms with Crippen LogP contribution in [0.3, 0.4) is 0 Å². The van der Waals surface area contributed by atoms with Gasteiger partial charge < -0.3 is 9.80 Å². The normalized spacial score (nSPS) is 15.6. The van der Waals surface area contributed by atoms with Crippen molar-refractivity contribution < 1.29 is 4.79 Å². The molecule has 110 valence electrons. The van der Waals surface area contributed by atoms with Crippen LogP contribution in [-0.2, 0) is 11.2 Å². The van der Waals surface area contributed by atoms with Crippen molar-refractivity contribution in [3.05, 3.63) is 33.8 Å². The molecule has 1 aromatic rings. The number of hydrogen-bond acceptors (Lipinski definition) is 2. The minimum Gasteiger partial charge on any atom is -0.344 e. The lowest BCUT2D eigenvalue weighted by Crippen LogP contribution is -2.35. The van der Waals surface area contributed by atoms with Crippen LogP contribution < -0.4 is 0 Å². The number of carbonyl (C=O) groups excluding carboxylic acids is 1. The molecular formula is C15H20Cl2N2O. The summed E-state index contributed by atoms with van der Waals surface area (Å²) in [5.74, 6) is 0.114. The van der Waals surface area contributed by atoms with Crippen LogP contribution in [0.4, 0.5) is 0 Å². The topological polar surface area (TPSA) is 23.6 Å². The Balaban J connectivity index is 1.81. The van der Waals surface area contributed by atoms with E-state index in [0.717, 1.165) is 31.7 Å². The molecular weight excluding hydrogens is 295 g/mol. The Morgan fingerprint density at radius 2 is 1.95 bits per heavy atom. The molecule has 0 N–H and O–H groups in total. The number of likely N-dealkylation sites (tertiary alicyclic amines) is 1. The maximum Gasteiger partial charge on any atom is 0.226 e. The van der Waals surface area contributed by atoms with E-state index in [2.05, 4.69) is 4.90 Å². The number of halogens is 2. The third-order valence-corrected chi connectivity index (χ3v) is 4.45. The van der Waals surface area contributed by atoms with E-state index in [1.54, 1.807) is 17.0 Å². The summed E-state index contributed by atoms with van der Waals surface area (Å²) in [4.78, 5) is 16.3. The molecule has 0 aromatic heterocycles. The molecule has 20 heavy (non-hydrogen) atoms. The molecule has 0 radical (unpaired) electrons. The summed E-state index contributed by atoms with van der Waals surface area (Å²) in [5.41, 5.74) is 0.900. The molecule has 1 amide bonds. The number of benzene rings is 1. The Hall–Kier alpha value is -0.770. The molecule has 0 unspecified atom stereocenters. The van der Waals surface area contributed by atoms with Crippen LogP contribution in [0.15, 0.2) is 18.2 Å². The second-order valence-corrected chi connectivity index (χ2v) is 6.10. The third-order valence-electron chi connectivity index (χ3n) is 3.72. The van der Waals surface area contributed by atoms with Gasteiger partial charge in [0.25, 0.3) is 0 Å². The average Bonchev–Trinajstić information content (AvgIpc) is 2.93. The molecule has 0 bridgehead atoms. The van der Waals surface area contributed by atoms with Gasteiger partial charge in [0.1, 0.15) is 0 Å². The molecule has 0 spiro atoms. The Kier molecular flexibility index (Phi) is 5.70. The highest BCUT2D eigenvalue weighted by Gasteiger charge is 2.14. The monoisotopic (exact) mass is 314 g/mol. The molecule has 1 saturated heterocycles. The summed E-state index contributed by atoms with van der Waals surface area (Å²) in [5, 5.41) is 1.02. The fraction of sp³-hybridized carbons (Fsp3) is 0.533. The standard InChI is InChI=1S/C15H20Cl2N2O/c1-18(8-9-19-6-2-3-7-19)15(20)11-12-4-5-13(16)14(17)10-12/h4-5,10H,2-3,6-9,11H2,1H3. The fourth-order valence-electron chi connectivity index (χ4n) is 2.38. The first-order valence-electron chi connectivity index (χ1n) is 6.96. The summed E-state index contributed by atoms with van der Waals surface area (Å²) >= 11 is 11.8. The van der Waals surface area contributed by atoms with E-state index in [0.29, 0.717) is 16.5 Å². The quantitative estimate of drug-likeness (QED) is 0.834. The maximum absolute atomic E-state index is 12.1. The van der Waals surface area contributed by atoms with Gasteiger partial charge in [-0.05, 0) is 43.6 Å². The van der Waals surface area contributed by atoms with E-state index in [4.69, 9.17) is 23.2 Å². The zero-order valence-corrected chi connectivity index (χ0v) is 13.3. The first-order chi connectivity index (χ1) is 9.56. The van der Waals surface area contributed by atoms with Gasteiger partial charge in [0.15, 0.2) is 0 Å². The lowest BCUT2D eigenvalue weighted by molar-refractivity contribution is -0.129. The predicted octanol–water partition coefficient (Wildman–Crippen LogP) is 3.09. The third kappa shape index (κ3) is 4.37. The molecule has 2 rings (SSSR count). The zero-order chi connectivity index (χ0) is 14.5. The summed E-state index contributed by atoms with van der Waals surface area (Å²) in [6, 6.07) is 5.34. The maximum atomic E-state index is 12.1. The van der Waals surface area contributed by atoms with Crippen molar-refractivity contribution in [2.24, 2.45) is 0 Å². The second kappa shape index (κ2) is 7.30. The number of likely N-dealkylation sites (N-methyl/N-ethyl adjacent to an activating group) is 1. The van der Waals surface area contributed by atoms with Gasteiger partial charge in [-0.25, -0.2) is 0 Å². The number of hydrogen-bond donors (Lipinski definition) is 0. The minimum absolute atomic E-state index is 0.114. The molecule has 0 saturated carbocycles. The van der Waals surface area contributed by atoms with E-state index in [1.807, 2.05) is 13.1 Å². The van der Waals surface area contributed by atoms with Crippen molar-refractivity contribution in [1.82, 2.24) is 9.80 Å². The first kappa shape index (κ1) is 15.6. The van der Waals surface area contributed by atoms with Crippen LogP contribution in [0.5, 0.6) is 0 Å². The van der Waals surface area contributed by atoms with E-state index < -0.39 is 0 Å². The van der Waals surface area contributed by atoms with Crippen molar-refractivity contribution >= 4 is 29.1 Å². The van der Waals surface area contributed by atoms with Gasteiger partial charge in [0.2, 0.25) is 5.91 Å². The molecule has 1 aliphatic rings. The van der Waals surface area contributed by atoms with Crippen LogP contribution in [0, 0.1) is 0 Å². The fourth-order valence-corrected chi connectivity index (χ4v) is 2.70. The molecule has 1 aromatic carbocycles. The molecule has 0 atom stereocenters. The average molecular weight is 315 g/mol.